The summed E-state index contributed by atoms with van der Waals surface area (Å²) >= 11 is 1.39. The van der Waals surface area contributed by atoms with Crippen molar-refractivity contribution < 1.29 is 14.3 Å². The van der Waals surface area contributed by atoms with Gasteiger partial charge in [-0.25, -0.2) is 9.97 Å². The first-order chi connectivity index (χ1) is 15.0. The number of hydrogen-bond donors (Lipinski definition) is 1. The summed E-state index contributed by atoms with van der Waals surface area (Å²) in [6.45, 7) is 5.59. The fourth-order valence-electron chi connectivity index (χ4n) is 3.70. The quantitative estimate of drug-likeness (QED) is 0.583. The van der Waals surface area contributed by atoms with Gasteiger partial charge in [0.05, 0.1) is 41.8 Å². The average molecular weight is 439 g/mol. The zero-order valence-corrected chi connectivity index (χ0v) is 18.7. The number of methoxy groups -OCH3 is 1. The van der Waals surface area contributed by atoms with Gasteiger partial charge in [0, 0.05) is 13.1 Å². The van der Waals surface area contributed by atoms with Crippen LogP contribution in [0.25, 0.3) is 11.0 Å². The Bertz CT molecular complexity index is 1070. The van der Waals surface area contributed by atoms with Crippen LogP contribution in [0.3, 0.4) is 0 Å². The van der Waals surface area contributed by atoms with Crippen molar-refractivity contribution in [3.63, 3.8) is 0 Å². The summed E-state index contributed by atoms with van der Waals surface area (Å²) in [6, 6.07) is 15.2. The Kier molecular flexibility index (Phi) is 6.58. The number of carbonyl (C=O) groups excluding carboxylic acids is 1. The maximum atomic E-state index is 12.6. The minimum Gasteiger partial charge on any atom is -0.495 e. The topological polar surface area (TPSA) is 76.6 Å². The highest BCUT2D eigenvalue weighted by molar-refractivity contribution is 8.00. The maximum absolute atomic E-state index is 12.6. The molecule has 1 fully saturated rings. The third-order valence-corrected chi connectivity index (χ3v) is 5.92. The van der Waals surface area contributed by atoms with Crippen LogP contribution in [0.2, 0.25) is 0 Å². The van der Waals surface area contributed by atoms with Crippen molar-refractivity contribution in [3.8, 4) is 5.75 Å². The van der Waals surface area contributed by atoms with E-state index in [9.17, 15) is 4.79 Å². The van der Waals surface area contributed by atoms with E-state index >= 15 is 0 Å². The van der Waals surface area contributed by atoms with Gasteiger partial charge in [-0.15, -0.1) is 0 Å². The molecule has 0 saturated carbocycles. The molecule has 2 atom stereocenters. The van der Waals surface area contributed by atoms with Gasteiger partial charge in [-0.3, -0.25) is 4.79 Å². The molecule has 1 amide bonds. The van der Waals surface area contributed by atoms with Gasteiger partial charge in [-0.1, -0.05) is 36.0 Å². The molecule has 0 unspecified atom stereocenters. The molecule has 0 radical (unpaired) electrons. The van der Waals surface area contributed by atoms with Gasteiger partial charge in [0.2, 0.25) is 5.91 Å². The summed E-state index contributed by atoms with van der Waals surface area (Å²) < 4.78 is 11.2. The van der Waals surface area contributed by atoms with E-state index in [1.165, 1.54) is 11.8 Å². The highest BCUT2D eigenvalue weighted by Gasteiger charge is 2.26. The first-order valence-corrected chi connectivity index (χ1v) is 11.2. The molecule has 2 heterocycles. The van der Waals surface area contributed by atoms with Gasteiger partial charge in [0.1, 0.15) is 10.8 Å². The van der Waals surface area contributed by atoms with Crippen molar-refractivity contribution in [2.75, 3.05) is 36.2 Å². The van der Waals surface area contributed by atoms with Crippen molar-refractivity contribution in [2.24, 2.45) is 0 Å². The van der Waals surface area contributed by atoms with E-state index in [0.29, 0.717) is 11.4 Å². The zero-order chi connectivity index (χ0) is 21.8. The van der Waals surface area contributed by atoms with Crippen molar-refractivity contribution in [3.05, 3.63) is 48.5 Å². The second kappa shape index (κ2) is 9.53. The Hall–Kier alpha value is -2.84. The first-order valence-electron chi connectivity index (χ1n) is 10.3. The number of para-hydroxylation sites is 4. The van der Waals surface area contributed by atoms with E-state index in [2.05, 4.69) is 24.1 Å². The number of aromatic nitrogens is 2. The molecule has 2 aromatic carbocycles. The molecule has 1 saturated heterocycles. The number of ether oxygens (including phenoxy) is 2. The van der Waals surface area contributed by atoms with Gasteiger partial charge in [-0.05, 0) is 38.1 Å². The smallest absolute Gasteiger partial charge is 0.234 e. The van der Waals surface area contributed by atoms with Crippen molar-refractivity contribution in [1.82, 2.24) is 9.97 Å². The zero-order valence-electron chi connectivity index (χ0n) is 17.9. The van der Waals surface area contributed by atoms with Crippen LogP contribution < -0.4 is 15.0 Å². The van der Waals surface area contributed by atoms with Gasteiger partial charge in [0.25, 0.3) is 0 Å². The number of benzene rings is 2. The molecule has 8 heteroatoms. The largest absolute Gasteiger partial charge is 0.495 e. The average Bonchev–Trinajstić information content (AvgIpc) is 2.76. The van der Waals surface area contributed by atoms with E-state index in [-0.39, 0.29) is 23.9 Å². The molecular weight excluding hydrogens is 412 g/mol. The molecule has 3 aromatic rings. The second-order valence-corrected chi connectivity index (χ2v) is 8.50. The van der Waals surface area contributed by atoms with Crippen LogP contribution >= 0.6 is 11.8 Å². The Labute approximate surface area is 186 Å². The number of thioether (sulfide) groups is 1. The molecule has 31 heavy (non-hydrogen) atoms. The molecule has 1 aliphatic heterocycles. The van der Waals surface area contributed by atoms with Crippen LogP contribution in [0.5, 0.6) is 5.75 Å². The Morgan fingerprint density at radius 2 is 1.74 bits per heavy atom. The molecule has 1 aliphatic rings. The third-order valence-electron chi connectivity index (χ3n) is 4.96. The number of hydrogen-bond acceptors (Lipinski definition) is 7. The number of amides is 1. The van der Waals surface area contributed by atoms with Gasteiger partial charge < -0.3 is 19.7 Å². The predicted octanol–water partition coefficient (Wildman–Crippen LogP) is 3.98. The molecule has 1 aromatic heterocycles. The van der Waals surface area contributed by atoms with Crippen LogP contribution in [0.4, 0.5) is 11.5 Å². The van der Waals surface area contributed by atoms with Crippen molar-refractivity contribution in [1.29, 1.82) is 0 Å². The first kappa shape index (κ1) is 21.4. The van der Waals surface area contributed by atoms with E-state index in [1.807, 2.05) is 48.5 Å². The van der Waals surface area contributed by atoms with Crippen molar-refractivity contribution in [2.45, 2.75) is 31.1 Å². The Morgan fingerprint density at radius 1 is 1.10 bits per heavy atom. The molecule has 7 nitrogen and oxygen atoms in total. The fourth-order valence-corrected chi connectivity index (χ4v) is 4.50. The number of nitrogens with one attached hydrogen (secondary N) is 1. The van der Waals surface area contributed by atoms with E-state index < -0.39 is 0 Å². The normalized spacial score (nSPS) is 18.7. The number of carbonyl (C=O) groups is 1. The number of anilines is 2. The van der Waals surface area contributed by atoms with Crippen molar-refractivity contribution >= 4 is 40.2 Å². The summed E-state index contributed by atoms with van der Waals surface area (Å²) in [7, 11) is 1.58. The summed E-state index contributed by atoms with van der Waals surface area (Å²) in [5, 5.41) is 3.66. The SMILES string of the molecule is COc1ccccc1NC(=O)CSc1nc2ccccc2nc1N1C[C@@H](C)O[C@@H](C)C1. The van der Waals surface area contributed by atoms with E-state index in [0.717, 1.165) is 35.0 Å². The molecule has 1 N–H and O–H groups in total. The predicted molar refractivity (Wildman–Crippen MR) is 124 cm³/mol. The minimum atomic E-state index is -0.126. The highest BCUT2D eigenvalue weighted by atomic mass is 32.2. The molecule has 0 spiro atoms. The highest BCUT2D eigenvalue weighted by Crippen LogP contribution is 2.31. The Morgan fingerprint density at radius 3 is 2.45 bits per heavy atom. The van der Waals surface area contributed by atoms with Crippen LogP contribution in [0.1, 0.15) is 13.8 Å². The molecule has 0 bridgehead atoms. The van der Waals surface area contributed by atoms with E-state index in [4.69, 9.17) is 19.4 Å². The molecule has 0 aliphatic carbocycles. The number of morpholine rings is 1. The summed E-state index contributed by atoms with van der Waals surface area (Å²) in [6.07, 6.45) is 0.201. The Balaban J connectivity index is 1.56. The van der Waals surface area contributed by atoms with Crippen LogP contribution in [-0.4, -0.2) is 54.0 Å². The summed E-state index contributed by atoms with van der Waals surface area (Å²) in [4.78, 5) is 24.6. The molecule has 4 rings (SSSR count). The maximum Gasteiger partial charge on any atom is 0.234 e. The van der Waals surface area contributed by atoms with Gasteiger partial charge >= 0.3 is 0 Å². The van der Waals surface area contributed by atoms with Gasteiger partial charge in [0.15, 0.2) is 5.82 Å². The van der Waals surface area contributed by atoms with Gasteiger partial charge in [-0.2, -0.15) is 0 Å². The van der Waals surface area contributed by atoms with Crippen LogP contribution in [-0.2, 0) is 9.53 Å². The second-order valence-electron chi connectivity index (χ2n) is 7.54. The lowest BCUT2D eigenvalue weighted by molar-refractivity contribution is -0.113. The number of rotatable bonds is 6. The molecule has 162 valence electrons. The van der Waals surface area contributed by atoms with Crippen LogP contribution in [0.15, 0.2) is 53.6 Å². The lowest BCUT2D eigenvalue weighted by Gasteiger charge is -2.36. The fraction of sp³-hybridized carbons (Fsp3) is 0.348. The summed E-state index contributed by atoms with van der Waals surface area (Å²) in [5.41, 5.74) is 2.30. The lowest BCUT2D eigenvalue weighted by atomic mass is 10.2. The summed E-state index contributed by atoms with van der Waals surface area (Å²) in [5.74, 6) is 1.52. The number of nitrogens with zero attached hydrogens (tertiary/aromatic N) is 3. The van der Waals surface area contributed by atoms with Crippen LogP contribution in [0, 0.1) is 0 Å². The number of fused-ring (bicyclic) bond motifs is 1. The van der Waals surface area contributed by atoms with E-state index in [1.54, 1.807) is 7.11 Å². The molecular formula is C23H26N4O3S. The standard InChI is InChI=1S/C23H26N4O3S/c1-15-12-27(13-16(2)30-15)22-23(26-18-9-5-4-8-17(18)25-22)31-14-21(28)24-19-10-6-7-11-20(19)29-3/h4-11,15-16H,12-14H2,1-3H3,(H,24,28)/t15-,16+. The minimum absolute atomic E-state index is 0.101. The monoisotopic (exact) mass is 438 g/mol. The third kappa shape index (κ3) is 5.08. The lowest BCUT2D eigenvalue weighted by Crippen LogP contribution is -2.46.